The van der Waals surface area contributed by atoms with E-state index in [1.165, 1.54) is 25.7 Å². The Morgan fingerprint density at radius 2 is 1.35 bits per heavy atom. The van der Waals surface area contributed by atoms with Crippen LogP contribution >= 0.6 is 0 Å². The second-order valence-corrected chi connectivity index (χ2v) is 7.65. The summed E-state index contributed by atoms with van der Waals surface area (Å²) in [6.45, 7) is 9.58. The van der Waals surface area contributed by atoms with Crippen LogP contribution in [0.4, 0.5) is 17.6 Å². The Balaban J connectivity index is 1.79. The molecule has 0 bridgehead atoms. The van der Waals surface area contributed by atoms with Crippen LogP contribution in [0.15, 0.2) is 0 Å². The number of nitrogens with zero attached hydrogens (tertiary/aromatic N) is 5. The molecule has 7 heteroatoms. The highest BCUT2D eigenvalue weighted by atomic mass is 16.1. The quantitative estimate of drug-likeness (QED) is 0.849. The van der Waals surface area contributed by atoms with E-state index in [1.807, 2.05) is 0 Å². The minimum absolute atomic E-state index is 0.180. The highest BCUT2D eigenvalue weighted by molar-refractivity contribution is 5.82. The normalized spacial score (nSPS) is 20.9. The largest absolute Gasteiger partial charge is 0.356 e. The van der Waals surface area contributed by atoms with Crippen molar-refractivity contribution in [3.05, 3.63) is 5.56 Å². The van der Waals surface area contributed by atoms with Gasteiger partial charge in [-0.1, -0.05) is 0 Å². The van der Waals surface area contributed by atoms with E-state index in [1.54, 1.807) is 6.92 Å². The number of nitrogens with one attached hydrogen (secondary N) is 1. The number of Topliss-reactive ketones (excluding diaryl/α,β-unsaturated/α-hetero) is 1. The molecule has 0 aromatic carbocycles. The van der Waals surface area contributed by atoms with Crippen LogP contribution in [0.3, 0.4) is 0 Å². The number of hydrogen-bond acceptors (Lipinski definition) is 7. The molecule has 1 N–H and O–H groups in total. The highest BCUT2D eigenvalue weighted by Crippen LogP contribution is 2.33. The fourth-order valence-electron chi connectivity index (χ4n) is 4.24. The summed E-state index contributed by atoms with van der Waals surface area (Å²) < 4.78 is 0. The predicted octanol–water partition coefficient (Wildman–Crippen LogP) is 1.22. The van der Waals surface area contributed by atoms with Gasteiger partial charge in [-0.3, -0.25) is 4.79 Å². The van der Waals surface area contributed by atoms with Gasteiger partial charge < -0.3 is 20.0 Å². The van der Waals surface area contributed by atoms with Gasteiger partial charge in [0.2, 0.25) is 5.95 Å². The highest BCUT2D eigenvalue weighted by Gasteiger charge is 2.28. The maximum Gasteiger partial charge on any atom is 0.229 e. The van der Waals surface area contributed by atoms with Gasteiger partial charge in [0, 0.05) is 64.3 Å². The van der Waals surface area contributed by atoms with Crippen LogP contribution in [0.25, 0.3) is 0 Å². The van der Waals surface area contributed by atoms with Gasteiger partial charge in [0.1, 0.15) is 17.4 Å². The molecule has 0 saturated carbocycles. The lowest BCUT2D eigenvalue weighted by molar-refractivity contribution is -0.116. The van der Waals surface area contributed by atoms with Crippen LogP contribution < -0.4 is 20.0 Å². The first-order chi connectivity index (χ1) is 12.7. The third-order valence-electron chi connectivity index (χ3n) is 5.59. The zero-order chi connectivity index (χ0) is 17.9. The van der Waals surface area contributed by atoms with Crippen LogP contribution in [0.2, 0.25) is 0 Å². The summed E-state index contributed by atoms with van der Waals surface area (Å²) in [5, 5.41) is 3.41. The van der Waals surface area contributed by atoms with Gasteiger partial charge in [-0.2, -0.15) is 9.97 Å². The number of carbonyl (C=O) groups is 1. The van der Waals surface area contributed by atoms with Crippen molar-refractivity contribution in [2.45, 2.75) is 39.0 Å². The first kappa shape index (κ1) is 17.5. The lowest BCUT2D eigenvalue weighted by Gasteiger charge is -2.33. The van der Waals surface area contributed by atoms with Crippen molar-refractivity contribution in [3.8, 4) is 0 Å². The molecule has 4 rings (SSSR count). The lowest BCUT2D eigenvalue weighted by Crippen LogP contribution is -2.44. The zero-order valence-electron chi connectivity index (χ0n) is 15.8. The van der Waals surface area contributed by atoms with E-state index in [-0.39, 0.29) is 5.78 Å². The van der Waals surface area contributed by atoms with Gasteiger partial charge in [-0.15, -0.1) is 0 Å². The molecule has 3 saturated heterocycles. The molecule has 7 nitrogen and oxygen atoms in total. The first-order valence-corrected chi connectivity index (χ1v) is 10.1. The van der Waals surface area contributed by atoms with E-state index in [0.29, 0.717) is 6.42 Å². The summed E-state index contributed by atoms with van der Waals surface area (Å²) in [5.41, 5.74) is 1.03. The molecule has 3 aliphatic rings. The van der Waals surface area contributed by atoms with Crippen LogP contribution in [0, 0.1) is 0 Å². The standard InChI is InChI=1S/C19H30N6O/c1-15(26)14-16-17(23-8-2-3-9-23)21-19(25-10-4-5-11-25)22-18(16)24-12-6-20-7-13-24/h20H,2-14H2,1H3. The molecule has 3 fully saturated rings. The maximum atomic E-state index is 12.0. The number of rotatable bonds is 5. The van der Waals surface area contributed by atoms with E-state index < -0.39 is 0 Å². The monoisotopic (exact) mass is 358 g/mol. The Labute approximate surface area is 155 Å². The van der Waals surface area contributed by atoms with Gasteiger partial charge in [0.25, 0.3) is 0 Å². The second-order valence-electron chi connectivity index (χ2n) is 7.65. The van der Waals surface area contributed by atoms with E-state index in [4.69, 9.17) is 9.97 Å². The second kappa shape index (κ2) is 7.78. The molecule has 0 amide bonds. The molecule has 142 valence electrons. The fourth-order valence-corrected chi connectivity index (χ4v) is 4.24. The molecule has 26 heavy (non-hydrogen) atoms. The molecule has 0 spiro atoms. The number of aromatic nitrogens is 2. The van der Waals surface area contributed by atoms with Crippen LogP contribution in [-0.4, -0.2) is 68.1 Å². The van der Waals surface area contributed by atoms with E-state index in [2.05, 4.69) is 20.0 Å². The maximum absolute atomic E-state index is 12.0. The number of hydrogen-bond donors (Lipinski definition) is 1. The Morgan fingerprint density at radius 3 is 1.88 bits per heavy atom. The van der Waals surface area contributed by atoms with Crippen molar-refractivity contribution in [2.75, 3.05) is 67.1 Å². The molecule has 4 heterocycles. The Morgan fingerprint density at radius 1 is 0.846 bits per heavy atom. The lowest BCUT2D eigenvalue weighted by atomic mass is 10.1. The van der Waals surface area contributed by atoms with Crippen molar-refractivity contribution in [1.29, 1.82) is 0 Å². The molecule has 1 aromatic rings. The van der Waals surface area contributed by atoms with E-state index in [9.17, 15) is 4.79 Å². The van der Waals surface area contributed by atoms with Crippen LogP contribution in [0.5, 0.6) is 0 Å². The van der Waals surface area contributed by atoms with Gasteiger partial charge in [-0.05, 0) is 32.6 Å². The summed E-state index contributed by atoms with van der Waals surface area (Å²) in [6.07, 6.45) is 5.24. The third-order valence-corrected chi connectivity index (χ3v) is 5.59. The number of carbonyl (C=O) groups excluding carboxylic acids is 1. The zero-order valence-corrected chi connectivity index (χ0v) is 15.8. The third kappa shape index (κ3) is 3.63. The molecule has 1 aromatic heterocycles. The average Bonchev–Trinajstić information content (AvgIpc) is 3.36. The summed E-state index contributed by atoms with van der Waals surface area (Å²) >= 11 is 0. The molecule has 0 radical (unpaired) electrons. The summed E-state index contributed by atoms with van der Waals surface area (Å²) in [6, 6.07) is 0. The predicted molar refractivity (Wildman–Crippen MR) is 104 cm³/mol. The molecule has 3 aliphatic heterocycles. The van der Waals surface area contributed by atoms with Gasteiger partial charge in [0.05, 0.1) is 0 Å². The number of ketones is 1. The number of anilines is 3. The van der Waals surface area contributed by atoms with E-state index in [0.717, 1.165) is 75.5 Å². The minimum atomic E-state index is 0.180. The first-order valence-electron chi connectivity index (χ1n) is 10.1. The SMILES string of the molecule is CC(=O)Cc1c(N2CCCC2)nc(N2CCCC2)nc1N1CCNCC1. The van der Waals surface area contributed by atoms with Crippen molar-refractivity contribution in [3.63, 3.8) is 0 Å². The Kier molecular flexibility index (Phi) is 5.24. The molecular formula is C19H30N6O. The Bertz CT molecular complexity index is 646. The molecule has 0 atom stereocenters. The van der Waals surface area contributed by atoms with Gasteiger partial charge >= 0.3 is 0 Å². The van der Waals surface area contributed by atoms with Crippen LogP contribution in [0.1, 0.15) is 38.2 Å². The van der Waals surface area contributed by atoms with Gasteiger partial charge in [-0.25, -0.2) is 0 Å². The topological polar surface area (TPSA) is 64.6 Å². The van der Waals surface area contributed by atoms with Crippen molar-refractivity contribution in [1.82, 2.24) is 15.3 Å². The van der Waals surface area contributed by atoms with Crippen molar-refractivity contribution >= 4 is 23.4 Å². The molecular weight excluding hydrogens is 328 g/mol. The fraction of sp³-hybridized carbons (Fsp3) is 0.737. The van der Waals surface area contributed by atoms with Crippen molar-refractivity contribution < 1.29 is 4.79 Å². The smallest absolute Gasteiger partial charge is 0.229 e. The summed E-state index contributed by atoms with van der Waals surface area (Å²) in [4.78, 5) is 29.0. The summed E-state index contributed by atoms with van der Waals surface area (Å²) in [7, 11) is 0. The van der Waals surface area contributed by atoms with E-state index >= 15 is 0 Å². The molecule has 0 aliphatic carbocycles. The van der Waals surface area contributed by atoms with Crippen LogP contribution in [-0.2, 0) is 11.2 Å². The minimum Gasteiger partial charge on any atom is -0.356 e. The summed E-state index contributed by atoms with van der Waals surface area (Å²) in [5.74, 6) is 3.02. The average molecular weight is 358 g/mol. The Hall–Kier alpha value is -1.89. The molecule has 0 unspecified atom stereocenters. The van der Waals surface area contributed by atoms with Gasteiger partial charge in [0.15, 0.2) is 0 Å². The van der Waals surface area contributed by atoms with Crippen molar-refractivity contribution in [2.24, 2.45) is 0 Å². The number of piperazine rings is 1.